The van der Waals surface area contributed by atoms with Gasteiger partial charge in [-0.2, -0.15) is 0 Å². The molecule has 0 N–H and O–H groups in total. The summed E-state index contributed by atoms with van der Waals surface area (Å²) in [5.41, 5.74) is 0.143. The van der Waals surface area contributed by atoms with Crippen molar-refractivity contribution < 1.29 is 4.79 Å². The first-order valence-corrected chi connectivity index (χ1v) is 7.17. The highest BCUT2D eigenvalue weighted by atomic mass is 16.1. The fourth-order valence-electron chi connectivity index (χ4n) is 5.12. The highest BCUT2D eigenvalue weighted by Crippen LogP contribution is 2.60. The number of rotatable bonds is 3. The van der Waals surface area contributed by atoms with Crippen molar-refractivity contribution in [3.63, 3.8) is 0 Å². The van der Waals surface area contributed by atoms with Gasteiger partial charge >= 0.3 is 0 Å². The zero-order valence-electron chi connectivity index (χ0n) is 10.7. The molecule has 0 heterocycles. The lowest BCUT2D eigenvalue weighted by Crippen LogP contribution is -2.51. The van der Waals surface area contributed by atoms with Gasteiger partial charge in [0.2, 0.25) is 0 Å². The summed E-state index contributed by atoms with van der Waals surface area (Å²) < 4.78 is 0. The van der Waals surface area contributed by atoms with Crippen LogP contribution in [-0.4, -0.2) is 5.78 Å². The standard InChI is InChI=1S/C15H24O/c1-3-10(2)14(16)15-7-11-4-12(8-15)6-13(5-11)9-15/h10-13H,3-9H2,1-2H3. The molecule has 4 fully saturated rings. The Hall–Kier alpha value is -0.330. The summed E-state index contributed by atoms with van der Waals surface area (Å²) in [6.45, 7) is 4.30. The Morgan fingerprint density at radius 3 is 1.94 bits per heavy atom. The Labute approximate surface area is 99.0 Å². The van der Waals surface area contributed by atoms with Gasteiger partial charge in [0.1, 0.15) is 5.78 Å². The smallest absolute Gasteiger partial charge is 0.141 e. The maximum absolute atomic E-state index is 12.6. The first kappa shape index (κ1) is 10.8. The topological polar surface area (TPSA) is 17.1 Å². The second kappa shape index (κ2) is 3.58. The van der Waals surface area contributed by atoms with E-state index < -0.39 is 0 Å². The van der Waals surface area contributed by atoms with Crippen molar-refractivity contribution >= 4 is 5.78 Å². The van der Waals surface area contributed by atoms with Crippen molar-refractivity contribution in [2.24, 2.45) is 29.1 Å². The predicted molar refractivity (Wildman–Crippen MR) is 65.1 cm³/mol. The lowest BCUT2D eigenvalue weighted by atomic mass is 9.47. The maximum Gasteiger partial charge on any atom is 0.141 e. The molecule has 4 saturated carbocycles. The molecule has 0 aromatic rings. The fourth-order valence-corrected chi connectivity index (χ4v) is 5.12. The van der Waals surface area contributed by atoms with Crippen LogP contribution in [0.15, 0.2) is 0 Å². The third kappa shape index (κ3) is 1.47. The van der Waals surface area contributed by atoms with Gasteiger partial charge in [-0.1, -0.05) is 13.8 Å². The molecule has 4 rings (SSSR count). The Bertz CT molecular complexity index is 269. The van der Waals surface area contributed by atoms with E-state index in [0.717, 1.165) is 24.2 Å². The van der Waals surface area contributed by atoms with Crippen molar-refractivity contribution in [3.05, 3.63) is 0 Å². The Balaban J connectivity index is 1.85. The van der Waals surface area contributed by atoms with Crippen LogP contribution in [0.2, 0.25) is 0 Å². The van der Waals surface area contributed by atoms with Crippen molar-refractivity contribution in [1.29, 1.82) is 0 Å². The molecule has 0 aliphatic heterocycles. The molecule has 1 nitrogen and oxygen atoms in total. The number of hydrogen-bond acceptors (Lipinski definition) is 1. The van der Waals surface area contributed by atoms with Gasteiger partial charge in [0.15, 0.2) is 0 Å². The Morgan fingerprint density at radius 1 is 1.12 bits per heavy atom. The van der Waals surface area contributed by atoms with Gasteiger partial charge in [0, 0.05) is 11.3 Å². The minimum absolute atomic E-state index is 0.143. The molecule has 1 heteroatoms. The monoisotopic (exact) mass is 220 g/mol. The highest BCUT2D eigenvalue weighted by Gasteiger charge is 2.54. The number of hydrogen-bond donors (Lipinski definition) is 0. The molecule has 0 aromatic heterocycles. The van der Waals surface area contributed by atoms with E-state index in [4.69, 9.17) is 0 Å². The molecule has 1 atom stereocenters. The van der Waals surface area contributed by atoms with Crippen LogP contribution in [-0.2, 0) is 4.79 Å². The van der Waals surface area contributed by atoms with Crippen LogP contribution in [0.25, 0.3) is 0 Å². The summed E-state index contributed by atoms with van der Waals surface area (Å²) in [4.78, 5) is 12.6. The molecule has 0 spiro atoms. The minimum Gasteiger partial charge on any atom is -0.299 e. The van der Waals surface area contributed by atoms with Gasteiger partial charge in [-0.25, -0.2) is 0 Å². The van der Waals surface area contributed by atoms with E-state index in [2.05, 4.69) is 13.8 Å². The van der Waals surface area contributed by atoms with E-state index in [1.807, 2.05) is 0 Å². The molecular formula is C15H24O. The van der Waals surface area contributed by atoms with Gasteiger partial charge in [-0.3, -0.25) is 4.79 Å². The van der Waals surface area contributed by atoms with E-state index in [1.54, 1.807) is 0 Å². The average molecular weight is 220 g/mol. The molecule has 0 saturated heterocycles. The van der Waals surface area contributed by atoms with E-state index in [9.17, 15) is 4.79 Å². The molecule has 0 radical (unpaired) electrons. The van der Waals surface area contributed by atoms with E-state index in [-0.39, 0.29) is 5.41 Å². The predicted octanol–water partition coefficient (Wildman–Crippen LogP) is 3.82. The third-order valence-corrected chi connectivity index (χ3v) is 5.62. The second-order valence-electron chi connectivity index (χ2n) is 6.87. The van der Waals surface area contributed by atoms with E-state index >= 15 is 0 Å². The van der Waals surface area contributed by atoms with Crippen LogP contribution in [0.4, 0.5) is 0 Å². The van der Waals surface area contributed by atoms with Crippen molar-refractivity contribution in [2.45, 2.75) is 58.8 Å². The Kier molecular flexibility index (Phi) is 2.42. The number of carbonyl (C=O) groups excluding carboxylic acids is 1. The van der Waals surface area contributed by atoms with Gasteiger partial charge in [-0.05, 0) is 62.7 Å². The molecule has 0 aromatic carbocycles. The molecule has 0 amide bonds. The largest absolute Gasteiger partial charge is 0.299 e. The summed E-state index contributed by atoms with van der Waals surface area (Å²) in [6, 6.07) is 0. The zero-order valence-corrected chi connectivity index (χ0v) is 10.7. The molecule has 4 aliphatic carbocycles. The molecular weight excluding hydrogens is 196 g/mol. The van der Waals surface area contributed by atoms with Gasteiger partial charge in [0.05, 0.1) is 0 Å². The molecule has 16 heavy (non-hydrogen) atoms. The van der Waals surface area contributed by atoms with E-state index in [1.165, 1.54) is 38.5 Å². The quantitative estimate of drug-likeness (QED) is 0.706. The van der Waals surface area contributed by atoms with Crippen LogP contribution in [0.5, 0.6) is 0 Å². The van der Waals surface area contributed by atoms with Gasteiger partial charge in [-0.15, -0.1) is 0 Å². The SMILES string of the molecule is CCC(C)C(=O)C12CC3CC(CC(C3)C1)C2. The summed E-state index contributed by atoms with van der Waals surface area (Å²) >= 11 is 0. The summed E-state index contributed by atoms with van der Waals surface area (Å²) in [5, 5.41) is 0. The first-order chi connectivity index (χ1) is 7.63. The molecule has 4 bridgehead atoms. The summed E-state index contributed by atoms with van der Waals surface area (Å²) in [5.74, 6) is 3.63. The van der Waals surface area contributed by atoms with Crippen LogP contribution >= 0.6 is 0 Å². The Morgan fingerprint density at radius 2 is 1.56 bits per heavy atom. The van der Waals surface area contributed by atoms with Crippen LogP contribution in [0.1, 0.15) is 58.8 Å². The third-order valence-electron chi connectivity index (χ3n) is 5.62. The van der Waals surface area contributed by atoms with Crippen LogP contribution in [0.3, 0.4) is 0 Å². The maximum atomic E-state index is 12.6. The van der Waals surface area contributed by atoms with Crippen molar-refractivity contribution in [2.75, 3.05) is 0 Å². The normalized spacial score (nSPS) is 47.0. The van der Waals surface area contributed by atoms with Crippen molar-refractivity contribution in [1.82, 2.24) is 0 Å². The molecule has 1 unspecified atom stereocenters. The lowest BCUT2D eigenvalue weighted by molar-refractivity contribution is -0.147. The van der Waals surface area contributed by atoms with Crippen LogP contribution in [0, 0.1) is 29.1 Å². The molecule has 4 aliphatic rings. The van der Waals surface area contributed by atoms with Crippen molar-refractivity contribution in [3.8, 4) is 0 Å². The highest BCUT2D eigenvalue weighted by molar-refractivity contribution is 5.87. The fraction of sp³-hybridized carbons (Fsp3) is 0.933. The minimum atomic E-state index is 0.143. The number of ketones is 1. The van der Waals surface area contributed by atoms with Gasteiger partial charge < -0.3 is 0 Å². The number of carbonyl (C=O) groups is 1. The summed E-state index contributed by atoms with van der Waals surface area (Å²) in [6.07, 6.45) is 9.06. The number of Topliss-reactive ketones (excluding diaryl/α,β-unsaturated/α-hetero) is 1. The van der Waals surface area contributed by atoms with E-state index in [0.29, 0.717) is 11.7 Å². The lowest BCUT2D eigenvalue weighted by Gasteiger charge is -2.56. The average Bonchev–Trinajstić information content (AvgIpc) is 2.25. The molecule has 90 valence electrons. The van der Waals surface area contributed by atoms with Gasteiger partial charge in [0.25, 0.3) is 0 Å². The zero-order chi connectivity index (χ0) is 11.3. The second-order valence-corrected chi connectivity index (χ2v) is 6.87. The summed E-state index contributed by atoms with van der Waals surface area (Å²) in [7, 11) is 0. The first-order valence-electron chi connectivity index (χ1n) is 7.17. The van der Waals surface area contributed by atoms with Crippen LogP contribution < -0.4 is 0 Å².